The molecule has 1 heterocycles. The van der Waals surface area contributed by atoms with Gasteiger partial charge in [0.25, 0.3) is 0 Å². The maximum Gasteiger partial charge on any atom is 0.189 e. The van der Waals surface area contributed by atoms with E-state index in [1.807, 2.05) is 36.4 Å². The largest absolute Gasteiger partial charge is 0.318 e. The Balaban J connectivity index is 1.75. The highest BCUT2D eigenvalue weighted by molar-refractivity contribution is 6.13. The first-order chi connectivity index (χ1) is 12.1. The standard InChI is InChI=1S/C23H21NO/c1-16-14-20(17(2)24(16)21-9-4-3-5-10-21)15-19-13-12-18-8-6-7-11-22(18)23(19)25/h3-11,14-15H,12-13H2,1-2H3/b19-15+. The SMILES string of the molecule is Cc1cc(/C=C2\CCc3ccccc3C2=O)c(C)n1-c1ccccc1. The van der Waals surface area contributed by atoms with E-state index in [1.54, 1.807) is 0 Å². The highest BCUT2D eigenvalue weighted by Gasteiger charge is 2.22. The molecule has 2 nitrogen and oxygen atoms in total. The van der Waals surface area contributed by atoms with Crippen LogP contribution in [0.1, 0.15) is 39.3 Å². The van der Waals surface area contributed by atoms with Gasteiger partial charge in [-0.05, 0) is 62.1 Å². The van der Waals surface area contributed by atoms with Gasteiger partial charge in [-0.25, -0.2) is 0 Å². The first-order valence-corrected chi connectivity index (χ1v) is 8.72. The van der Waals surface area contributed by atoms with Crippen molar-refractivity contribution in [2.24, 2.45) is 0 Å². The average molecular weight is 327 g/mol. The highest BCUT2D eigenvalue weighted by atomic mass is 16.1. The molecule has 0 spiro atoms. The lowest BCUT2D eigenvalue weighted by atomic mass is 9.86. The summed E-state index contributed by atoms with van der Waals surface area (Å²) in [4.78, 5) is 12.8. The number of aromatic nitrogens is 1. The van der Waals surface area contributed by atoms with Crippen molar-refractivity contribution in [1.82, 2.24) is 4.57 Å². The third-order valence-corrected chi connectivity index (χ3v) is 5.03. The molecule has 1 aliphatic rings. The van der Waals surface area contributed by atoms with Gasteiger partial charge in [-0.1, -0.05) is 42.5 Å². The van der Waals surface area contributed by atoms with Gasteiger partial charge in [-0.2, -0.15) is 0 Å². The second kappa shape index (κ2) is 6.21. The van der Waals surface area contributed by atoms with Crippen LogP contribution in [0.15, 0.2) is 66.2 Å². The van der Waals surface area contributed by atoms with Crippen LogP contribution in [-0.2, 0) is 6.42 Å². The Hall–Kier alpha value is -2.87. The van der Waals surface area contributed by atoms with E-state index in [9.17, 15) is 4.79 Å². The molecule has 0 aliphatic heterocycles. The van der Waals surface area contributed by atoms with Gasteiger partial charge in [-0.3, -0.25) is 4.79 Å². The van der Waals surface area contributed by atoms with Gasteiger partial charge >= 0.3 is 0 Å². The lowest BCUT2D eigenvalue weighted by molar-refractivity contribution is 0.102. The van der Waals surface area contributed by atoms with Gasteiger partial charge in [0, 0.05) is 28.2 Å². The molecule has 0 atom stereocenters. The summed E-state index contributed by atoms with van der Waals surface area (Å²) >= 11 is 0. The Labute approximate surface area is 148 Å². The molecule has 1 aliphatic carbocycles. The summed E-state index contributed by atoms with van der Waals surface area (Å²) < 4.78 is 2.24. The molecule has 0 unspecified atom stereocenters. The number of ketones is 1. The van der Waals surface area contributed by atoms with Crippen molar-refractivity contribution in [1.29, 1.82) is 0 Å². The number of hydrogen-bond acceptors (Lipinski definition) is 1. The quantitative estimate of drug-likeness (QED) is 0.585. The molecule has 0 N–H and O–H groups in total. The highest BCUT2D eigenvalue weighted by Crippen LogP contribution is 2.29. The topological polar surface area (TPSA) is 22.0 Å². The van der Waals surface area contributed by atoms with E-state index in [4.69, 9.17) is 0 Å². The average Bonchev–Trinajstić information content (AvgIpc) is 2.92. The lowest BCUT2D eigenvalue weighted by Gasteiger charge is -2.17. The molecule has 0 saturated heterocycles. The van der Waals surface area contributed by atoms with Gasteiger partial charge in [0.2, 0.25) is 0 Å². The number of hydrogen-bond donors (Lipinski definition) is 0. The van der Waals surface area contributed by atoms with E-state index in [0.717, 1.165) is 35.2 Å². The van der Waals surface area contributed by atoms with Crippen LogP contribution in [0.5, 0.6) is 0 Å². The first-order valence-electron chi connectivity index (χ1n) is 8.72. The fourth-order valence-corrected chi connectivity index (χ4v) is 3.75. The third-order valence-electron chi connectivity index (χ3n) is 5.03. The Kier molecular flexibility index (Phi) is 3.89. The van der Waals surface area contributed by atoms with Crippen molar-refractivity contribution >= 4 is 11.9 Å². The number of benzene rings is 2. The summed E-state index contributed by atoms with van der Waals surface area (Å²) in [7, 11) is 0. The second-order valence-corrected chi connectivity index (χ2v) is 6.65. The van der Waals surface area contributed by atoms with Crippen molar-refractivity contribution < 1.29 is 4.79 Å². The zero-order valence-corrected chi connectivity index (χ0v) is 14.6. The Morgan fingerprint density at radius 2 is 1.64 bits per heavy atom. The molecule has 0 amide bonds. The molecule has 0 radical (unpaired) electrons. The van der Waals surface area contributed by atoms with Crippen LogP contribution in [0.4, 0.5) is 0 Å². The van der Waals surface area contributed by atoms with Crippen LogP contribution in [0.2, 0.25) is 0 Å². The Morgan fingerprint density at radius 1 is 0.920 bits per heavy atom. The molecular formula is C23H21NO. The van der Waals surface area contributed by atoms with Crippen molar-refractivity contribution in [2.45, 2.75) is 26.7 Å². The minimum absolute atomic E-state index is 0.173. The molecule has 2 aromatic carbocycles. The van der Waals surface area contributed by atoms with Crippen LogP contribution in [0.25, 0.3) is 11.8 Å². The number of carbonyl (C=O) groups is 1. The zero-order chi connectivity index (χ0) is 17.4. The summed E-state index contributed by atoms with van der Waals surface area (Å²) in [6.07, 6.45) is 3.83. The number of rotatable bonds is 2. The number of fused-ring (bicyclic) bond motifs is 1. The zero-order valence-electron chi connectivity index (χ0n) is 14.6. The summed E-state index contributed by atoms with van der Waals surface area (Å²) in [5, 5.41) is 0. The second-order valence-electron chi connectivity index (χ2n) is 6.65. The number of Topliss-reactive ketones (excluding diaryl/α,β-unsaturated/α-hetero) is 1. The van der Waals surface area contributed by atoms with Crippen molar-refractivity contribution in [3.63, 3.8) is 0 Å². The van der Waals surface area contributed by atoms with E-state index >= 15 is 0 Å². The van der Waals surface area contributed by atoms with Gasteiger partial charge in [-0.15, -0.1) is 0 Å². The monoisotopic (exact) mass is 327 g/mol. The minimum atomic E-state index is 0.173. The van der Waals surface area contributed by atoms with E-state index in [0.29, 0.717) is 0 Å². The number of allylic oxidation sites excluding steroid dienone is 1. The third kappa shape index (κ3) is 2.74. The van der Waals surface area contributed by atoms with Crippen LogP contribution < -0.4 is 0 Å². The fraction of sp³-hybridized carbons (Fsp3) is 0.174. The number of para-hydroxylation sites is 1. The van der Waals surface area contributed by atoms with Crippen LogP contribution >= 0.6 is 0 Å². The van der Waals surface area contributed by atoms with Gasteiger partial charge in [0.15, 0.2) is 5.78 Å². The Morgan fingerprint density at radius 3 is 2.44 bits per heavy atom. The lowest BCUT2D eigenvalue weighted by Crippen LogP contribution is -2.13. The van der Waals surface area contributed by atoms with Gasteiger partial charge < -0.3 is 4.57 Å². The Bertz CT molecular complexity index is 977. The van der Waals surface area contributed by atoms with Crippen molar-refractivity contribution in [2.75, 3.05) is 0 Å². The number of nitrogens with zero attached hydrogens (tertiary/aromatic N) is 1. The predicted octanol–water partition coefficient (Wildman–Crippen LogP) is 5.31. The van der Waals surface area contributed by atoms with Crippen LogP contribution in [0, 0.1) is 13.8 Å². The fourth-order valence-electron chi connectivity index (χ4n) is 3.75. The van der Waals surface area contributed by atoms with Gasteiger partial charge in [0.1, 0.15) is 0 Å². The molecule has 4 rings (SSSR count). The minimum Gasteiger partial charge on any atom is -0.318 e. The molecule has 0 bridgehead atoms. The maximum absolute atomic E-state index is 12.8. The molecule has 1 aromatic heterocycles. The van der Waals surface area contributed by atoms with Gasteiger partial charge in [0.05, 0.1) is 0 Å². The number of carbonyl (C=O) groups excluding carboxylic acids is 1. The predicted molar refractivity (Wildman–Crippen MR) is 102 cm³/mol. The normalized spacial score (nSPS) is 15.4. The molecule has 25 heavy (non-hydrogen) atoms. The van der Waals surface area contributed by atoms with Crippen LogP contribution in [0.3, 0.4) is 0 Å². The van der Waals surface area contributed by atoms with E-state index in [1.165, 1.54) is 17.0 Å². The van der Waals surface area contributed by atoms with Crippen molar-refractivity contribution in [3.8, 4) is 5.69 Å². The maximum atomic E-state index is 12.8. The molecular weight excluding hydrogens is 306 g/mol. The molecule has 124 valence electrons. The summed E-state index contributed by atoms with van der Waals surface area (Å²) in [5.41, 5.74) is 7.57. The van der Waals surface area contributed by atoms with E-state index in [2.05, 4.69) is 48.8 Å². The summed E-state index contributed by atoms with van der Waals surface area (Å²) in [6, 6.07) is 20.5. The smallest absolute Gasteiger partial charge is 0.189 e. The molecule has 2 heteroatoms. The molecule has 0 saturated carbocycles. The summed E-state index contributed by atoms with van der Waals surface area (Å²) in [6.45, 7) is 4.23. The molecule has 0 fully saturated rings. The number of aryl methyl sites for hydroxylation is 2. The van der Waals surface area contributed by atoms with E-state index in [-0.39, 0.29) is 5.78 Å². The van der Waals surface area contributed by atoms with E-state index < -0.39 is 0 Å². The molecule has 3 aromatic rings. The van der Waals surface area contributed by atoms with Crippen LogP contribution in [-0.4, -0.2) is 10.4 Å². The first kappa shape index (κ1) is 15.6. The van der Waals surface area contributed by atoms with Crippen molar-refractivity contribution in [3.05, 3.63) is 94.3 Å². The summed E-state index contributed by atoms with van der Waals surface area (Å²) in [5.74, 6) is 0.173.